The van der Waals surface area contributed by atoms with Gasteiger partial charge in [0.2, 0.25) is 0 Å². The number of hydrogen-bond acceptors (Lipinski definition) is 1. The third-order valence-corrected chi connectivity index (χ3v) is 8.91. The average molecular weight is 611 g/mol. The Morgan fingerprint density at radius 3 is 1.91 bits per heavy atom. The molecule has 0 aliphatic heterocycles. The first-order valence-corrected chi connectivity index (χ1v) is 15.4. The largest absolute Gasteiger partial charge is 0.296 e. The second-order valence-corrected chi connectivity index (χ2v) is 11.6. The van der Waals surface area contributed by atoms with E-state index in [-0.39, 0.29) is 35.6 Å². The van der Waals surface area contributed by atoms with Crippen molar-refractivity contribution in [3.8, 4) is 39.1 Å². The zero-order valence-electron chi connectivity index (χ0n) is 35.1. The number of imidazole rings is 1. The quantitative estimate of drug-likeness (QED) is 0.177. The maximum Gasteiger partial charge on any atom is 0.114 e. The molecule has 0 amide bonds. The average Bonchev–Trinajstić information content (AvgIpc) is 3.61. The Hall–Kier alpha value is -5.99. The third-order valence-electron chi connectivity index (χ3n) is 8.91. The number of benzene rings is 8. The Kier molecular flexibility index (Phi) is 4.46. The van der Waals surface area contributed by atoms with Crippen molar-refractivity contribution in [2.75, 3.05) is 0 Å². The Bertz CT molecular complexity index is 3020. The molecule has 47 heavy (non-hydrogen) atoms. The highest BCUT2D eigenvalue weighted by atomic mass is 15.1. The molecule has 0 aliphatic rings. The molecule has 0 fully saturated rings. The van der Waals surface area contributed by atoms with Crippen molar-refractivity contribution in [1.29, 1.82) is 0 Å². The highest BCUT2D eigenvalue weighted by Crippen LogP contribution is 2.44. The summed E-state index contributed by atoms with van der Waals surface area (Å²) in [6, 6.07) is 41.3. The van der Waals surface area contributed by atoms with Crippen LogP contribution in [0.25, 0.3) is 82.4 Å². The summed E-state index contributed by atoms with van der Waals surface area (Å²) < 4.78 is 84.5. The van der Waals surface area contributed by atoms with Gasteiger partial charge in [0.15, 0.2) is 0 Å². The van der Waals surface area contributed by atoms with Gasteiger partial charge in [-0.3, -0.25) is 4.57 Å². The summed E-state index contributed by atoms with van der Waals surface area (Å²) >= 11 is 0. The first-order valence-electron chi connectivity index (χ1n) is 20.4. The van der Waals surface area contributed by atoms with E-state index in [1.165, 1.54) is 0 Å². The van der Waals surface area contributed by atoms with Gasteiger partial charge in [0.25, 0.3) is 0 Å². The van der Waals surface area contributed by atoms with E-state index in [9.17, 15) is 0 Å². The lowest BCUT2D eigenvalue weighted by Gasteiger charge is -2.18. The number of hydrogen-bond donors (Lipinski definition) is 0. The zero-order chi connectivity index (χ0) is 40.0. The fraction of sp³-hybridized carbons (Fsp3) is 0.0444. The van der Waals surface area contributed by atoms with Crippen molar-refractivity contribution in [2.24, 2.45) is 0 Å². The van der Waals surface area contributed by atoms with E-state index in [1.54, 1.807) is 28.8 Å². The number of para-hydroxylation sites is 2. The summed E-state index contributed by atoms with van der Waals surface area (Å²) in [6.45, 7) is -2.94. The number of fused-ring (bicyclic) bond motifs is 4. The Balaban J connectivity index is 1.21. The van der Waals surface area contributed by atoms with Crippen molar-refractivity contribution in [3.05, 3.63) is 169 Å². The number of aromatic nitrogens is 2. The highest BCUT2D eigenvalue weighted by Gasteiger charge is 2.18. The maximum absolute atomic E-state index is 8.62. The zero-order valence-corrected chi connectivity index (χ0v) is 25.1. The maximum atomic E-state index is 8.62. The third kappa shape index (κ3) is 4.53. The van der Waals surface area contributed by atoms with Crippen molar-refractivity contribution < 1.29 is 13.7 Å². The lowest BCUT2D eigenvalue weighted by atomic mass is 9.85. The van der Waals surface area contributed by atoms with Gasteiger partial charge in [-0.05, 0) is 102 Å². The van der Waals surface area contributed by atoms with Crippen molar-refractivity contribution in [1.82, 2.24) is 9.55 Å². The predicted molar refractivity (Wildman–Crippen MR) is 199 cm³/mol. The van der Waals surface area contributed by atoms with Gasteiger partial charge in [-0.25, -0.2) is 4.98 Å². The predicted octanol–water partition coefficient (Wildman–Crippen LogP) is 12.0. The number of rotatable bonds is 5. The summed E-state index contributed by atoms with van der Waals surface area (Å²) in [5.41, 5.74) is 6.21. The van der Waals surface area contributed by atoms with Gasteiger partial charge in [-0.1, -0.05) is 134 Å². The van der Waals surface area contributed by atoms with Crippen molar-refractivity contribution in [2.45, 2.75) is 13.2 Å². The van der Waals surface area contributed by atoms with E-state index in [4.69, 9.17) is 13.7 Å². The van der Waals surface area contributed by atoms with Crippen LogP contribution in [-0.2, 0) is 6.37 Å². The molecular formula is C45H32N2. The Morgan fingerprint density at radius 1 is 0.574 bits per heavy atom. The van der Waals surface area contributed by atoms with Crippen LogP contribution in [0.3, 0.4) is 0 Å². The van der Waals surface area contributed by atoms with Crippen LogP contribution in [0.2, 0.25) is 0 Å². The summed E-state index contributed by atoms with van der Waals surface area (Å²) in [4.78, 5) is 4.48. The molecule has 0 N–H and O–H groups in total. The van der Waals surface area contributed by atoms with Crippen LogP contribution in [0.5, 0.6) is 0 Å². The molecule has 0 radical (unpaired) electrons. The number of aryl methyl sites for hydroxylation is 1. The van der Waals surface area contributed by atoms with Crippen LogP contribution in [0.1, 0.15) is 26.4 Å². The summed E-state index contributed by atoms with van der Waals surface area (Å²) in [6.07, 6.45) is -2.71. The van der Waals surface area contributed by atoms with E-state index in [2.05, 4.69) is 41.4 Å². The molecule has 0 saturated heterocycles. The molecule has 2 nitrogen and oxygen atoms in total. The molecule has 222 valence electrons. The summed E-state index contributed by atoms with van der Waals surface area (Å²) in [5.74, 6) is -0.184. The molecule has 0 spiro atoms. The monoisotopic (exact) mass is 610 g/mol. The topological polar surface area (TPSA) is 17.8 Å². The normalized spacial score (nSPS) is 15.2. The van der Waals surface area contributed by atoms with Gasteiger partial charge in [-0.15, -0.1) is 0 Å². The van der Waals surface area contributed by atoms with Gasteiger partial charge in [0.05, 0.1) is 17.9 Å². The SMILES string of the molecule is [2H]c1c([2H])c([2H])c(-c2cccc(-c3c4ccccc4c(-c4ccc5cc(-n6c(C([2H])([2H])C([2H])([2H])[2H])nc7ccccc76)ccc5c4)c4ccccc34)c2)c([2H])c1[2H]. The minimum absolute atomic E-state index is 0.154. The smallest absolute Gasteiger partial charge is 0.114 e. The Morgan fingerprint density at radius 2 is 1.19 bits per heavy atom. The second-order valence-electron chi connectivity index (χ2n) is 11.6. The molecule has 0 unspecified atom stereocenters. The van der Waals surface area contributed by atoms with Crippen LogP contribution >= 0.6 is 0 Å². The van der Waals surface area contributed by atoms with Crippen molar-refractivity contribution in [3.63, 3.8) is 0 Å². The van der Waals surface area contributed by atoms with Gasteiger partial charge < -0.3 is 0 Å². The van der Waals surface area contributed by atoms with Crippen LogP contribution < -0.4 is 0 Å². The molecule has 0 aliphatic carbocycles. The lowest BCUT2D eigenvalue weighted by Crippen LogP contribution is -2.00. The highest BCUT2D eigenvalue weighted by molar-refractivity contribution is 6.21. The van der Waals surface area contributed by atoms with Gasteiger partial charge in [0.1, 0.15) is 5.82 Å². The molecular weight excluding hydrogens is 569 g/mol. The van der Waals surface area contributed by atoms with Gasteiger partial charge in [0, 0.05) is 18.9 Å². The molecule has 9 aromatic rings. The van der Waals surface area contributed by atoms with Crippen LogP contribution in [0.15, 0.2) is 164 Å². The minimum Gasteiger partial charge on any atom is -0.296 e. The first kappa shape index (κ1) is 18.9. The van der Waals surface area contributed by atoms with Gasteiger partial charge in [-0.2, -0.15) is 0 Å². The van der Waals surface area contributed by atoms with E-state index in [0.717, 1.165) is 54.6 Å². The second kappa shape index (κ2) is 11.1. The fourth-order valence-electron chi connectivity index (χ4n) is 6.87. The lowest BCUT2D eigenvalue weighted by molar-refractivity contribution is 0.909. The fourth-order valence-corrected chi connectivity index (χ4v) is 6.87. The molecule has 0 atom stereocenters. The molecule has 0 saturated carbocycles. The standard InChI is InChI=1S/C45H32N2/c1-2-43-46-41-21-10-11-22-42(41)47(43)36-26-25-32-28-35(24-23-33(32)29-36)45-39-19-8-6-17-37(39)44(38-18-7-9-20-40(38)45)34-16-12-15-31(27-34)30-13-4-3-5-14-30/h3-29H,2H2,1H3/i1D3,2D2,3D,4D,5D,13D,14D. The molecule has 0 bridgehead atoms. The molecule has 8 aromatic carbocycles. The Labute approximate surface area is 288 Å². The van der Waals surface area contributed by atoms with E-state index >= 15 is 0 Å². The van der Waals surface area contributed by atoms with Crippen LogP contribution in [0, 0.1) is 0 Å². The van der Waals surface area contributed by atoms with Crippen LogP contribution in [0.4, 0.5) is 0 Å². The van der Waals surface area contributed by atoms with E-state index < -0.39 is 19.3 Å². The van der Waals surface area contributed by atoms with Crippen LogP contribution in [-0.4, -0.2) is 9.55 Å². The number of nitrogens with zero attached hydrogens (tertiary/aromatic N) is 2. The van der Waals surface area contributed by atoms with E-state index in [0.29, 0.717) is 22.3 Å². The molecule has 9 rings (SSSR count). The summed E-state index contributed by atoms with van der Waals surface area (Å²) in [7, 11) is 0. The summed E-state index contributed by atoms with van der Waals surface area (Å²) in [5, 5.41) is 5.81. The molecule has 2 heteroatoms. The van der Waals surface area contributed by atoms with E-state index in [1.807, 2.05) is 72.8 Å². The first-order chi connectivity index (χ1) is 27.3. The van der Waals surface area contributed by atoms with Crippen molar-refractivity contribution >= 4 is 43.4 Å². The molecule has 1 heterocycles. The minimum atomic E-state index is -2.94. The van der Waals surface area contributed by atoms with Gasteiger partial charge >= 0.3 is 0 Å². The molecule has 1 aromatic heterocycles.